The first kappa shape index (κ1) is 18.7. The van der Waals surface area contributed by atoms with E-state index in [1.807, 2.05) is 30.3 Å². The number of hydrogen-bond donors (Lipinski definition) is 1. The van der Waals surface area contributed by atoms with Crippen molar-refractivity contribution in [1.82, 2.24) is 9.88 Å². The van der Waals surface area contributed by atoms with Gasteiger partial charge in [-0.2, -0.15) is 0 Å². The molecule has 0 unspecified atom stereocenters. The molecule has 0 atom stereocenters. The van der Waals surface area contributed by atoms with Crippen LogP contribution in [0.3, 0.4) is 0 Å². The second-order valence-corrected chi connectivity index (χ2v) is 6.72. The Morgan fingerprint density at radius 3 is 2.69 bits per heavy atom. The molecule has 146 valence electrons. The van der Waals surface area contributed by atoms with Crippen molar-refractivity contribution in [2.75, 3.05) is 6.54 Å². The summed E-state index contributed by atoms with van der Waals surface area (Å²) in [5, 5.41) is 3.15. The summed E-state index contributed by atoms with van der Waals surface area (Å²) < 4.78 is 21.5. The van der Waals surface area contributed by atoms with Crippen molar-refractivity contribution in [3.05, 3.63) is 99.9 Å². The van der Waals surface area contributed by atoms with Crippen LogP contribution in [-0.2, 0) is 11.3 Å². The fourth-order valence-electron chi connectivity index (χ4n) is 3.52. The Kier molecular flexibility index (Phi) is 4.99. The number of benzene rings is 2. The third-order valence-electron chi connectivity index (χ3n) is 4.89. The number of hydrogen-bond acceptors (Lipinski definition) is 4. The van der Waals surface area contributed by atoms with Gasteiger partial charge in [0.15, 0.2) is 0 Å². The summed E-state index contributed by atoms with van der Waals surface area (Å²) in [4.78, 5) is 26.1. The Morgan fingerprint density at radius 1 is 1.17 bits per heavy atom. The van der Waals surface area contributed by atoms with Gasteiger partial charge < -0.3 is 10.1 Å². The number of carbonyl (C=O) groups is 1. The lowest BCUT2D eigenvalue weighted by atomic mass is 10.0. The van der Waals surface area contributed by atoms with Gasteiger partial charge in [0.25, 0.3) is 5.56 Å². The number of ether oxygens (including phenoxy) is 1. The van der Waals surface area contributed by atoms with Crippen LogP contribution in [0, 0.1) is 12.7 Å². The van der Waals surface area contributed by atoms with E-state index < -0.39 is 17.3 Å². The van der Waals surface area contributed by atoms with Crippen molar-refractivity contribution in [2.24, 2.45) is 0 Å². The molecule has 0 saturated heterocycles. The second-order valence-electron chi connectivity index (χ2n) is 6.72. The molecular formula is C23H19FN2O3. The molecule has 2 heterocycles. The number of aromatic nitrogens is 1. The number of halogens is 1. The third-order valence-corrected chi connectivity index (χ3v) is 4.89. The summed E-state index contributed by atoms with van der Waals surface area (Å²) in [5.74, 6) is -1.27. The van der Waals surface area contributed by atoms with Crippen LogP contribution >= 0.6 is 0 Å². The molecule has 0 fully saturated rings. The van der Waals surface area contributed by atoms with E-state index in [-0.39, 0.29) is 22.9 Å². The molecular weight excluding hydrogens is 371 g/mol. The molecule has 3 aromatic rings. The predicted octanol–water partition coefficient (Wildman–Crippen LogP) is 3.76. The zero-order valence-corrected chi connectivity index (χ0v) is 15.8. The highest BCUT2D eigenvalue weighted by molar-refractivity contribution is 6.05. The molecule has 1 aromatic heterocycles. The smallest absolute Gasteiger partial charge is 0.340 e. The van der Waals surface area contributed by atoms with Crippen LogP contribution in [0.2, 0.25) is 0 Å². The lowest BCUT2D eigenvalue weighted by Gasteiger charge is -2.20. The number of esters is 1. The van der Waals surface area contributed by atoms with E-state index in [4.69, 9.17) is 4.74 Å². The van der Waals surface area contributed by atoms with Crippen molar-refractivity contribution in [3.63, 3.8) is 0 Å². The fraction of sp³-hybridized carbons (Fsp3) is 0.130. The molecule has 0 spiro atoms. The maximum atomic E-state index is 14.6. The van der Waals surface area contributed by atoms with E-state index in [0.717, 1.165) is 5.56 Å². The van der Waals surface area contributed by atoms with Crippen molar-refractivity contribution in [3.8, 4) is 0 Å². The van der Waals surface area contributed by atoms with Gasteiger partial charge in [-0.25, -0.2) is 9.18 Å². The van der Waals surface area contributed by atoms with Gasteiger partial charge in [0.2, 0.25) is 0 Å². The maximum Gasteiger partial charge on any atom is 0.340 e. The van der Waals surface area contributed by atoms with E-state index in [9.17, 15) is 14.0 Å². The molecule has 0 aliphatic carbocycles. The fourth-order valence-corrected chi connectivity index (χ4v) is 3.52. The number of fused-ring (bicyclic) bond motifs is 1. The first-order chi connectivity index (χ1) is 14.1. The summed E-state index contributed by atoms with van der Waals surface area (Å²) in [7, 11) is 0. The lowest BCUT2D eigenvalue weighted by molar-refractivity contribution is 0.0473. The Bertz CT molecular complexity index is 1210. The molecule has 0 amide bonds. The number of nitrogens with one attached hydrogen (secondary N) is 1. The van der Waals surface area contributed by atoms with Gasteiger partial charge in [0.05, 0.1) is 17.5 Å². The van der Waals surface area contributed by atoms with Crippen molar-refractivity contribution in [2.45, 2.75) is 13.5 Å². The highest BCUT2D eigenvalue weighted by Gasteiger charge is 2.24. The number of dihydropyridines is 1. The van der Waals surface area contributed by atoms with E-state index in [2.05, 4.69) is 5.32 Å². The molecule has 0 saturated carbocycles. The van der Waals surface area contributed by atoms with Crippen LogP contribution in [0.25, 0.3) is 16.5 Å². The first-order valence-corrected chi connectivity index (χ1v) is 9.22. The van der Waals surface area contributed by atoms with E-state index >= 15 is 0 Å². The Hall–Kier alpha value is -3.67. The van der Waals surface area contributed by atoms with Crippen molar-refractivity contribution < 1.29 is 13.9 Å². The van der Waals surface area contributed by atoms with Gasteiger partial charge in [0.1, 0.15) is 12.4 Å². The van der Waals surface area contributed by atoms with Crippen LogP contribution in [0.4, 0.5) is 4.39 Å². The minimum absolute atomic E-state index is 0.0854. The molecule has 5 nitrogen and oxygen atoms in total. The zero-order valence-electron chi connectivity index (χ0n) is 15.8. The topological polar surface area (TPSA) is 60.3 Å². The van der Waals surface area contributed by atoms with Gasteiger partial charge >= 0.3 is 5.97 Å². The average Bonchev–Trinajstić information content (AvgIpc) is 2.74. The standard InChI is InChI=1S/C23H19FN2O3/c1-15-20(23(28)29-14-16-7-3-2-4-8-16)18-10-5-11-19(24)21(18)22(27)26(15)17-9-6-12-25-13-17/h2-12,25H,13-14H2,1H3. The SMILES string of the molecule is Cc1c(C(=O)OCc2ccccc2)c2cccc(F)c2c(=O)n1C1=CC=CNC1. The van der Waals surface area contributed by atoms with E-state index in [1.54, 1.807) is 31.3 Å². The third kappa shape index (κ3) is 3.45. The summed E-state index contributed by atoms with van der Waals surface area (Å²) >= 11 is 0. The highest BCUT2D eigenvalue weighted by atomic mass is 19.1. The Labute approximate surface area is 166 Å². The summed E-state index contributed by atoms with van der Waals surface area (Å²) in [6.07, 6.45) is 5.26. The first-order valence-electron chi connectivity index (χ1n) is 9.22. The summed E-state index contributed by atoms with van der Waals surface area (Å²) in [5.41, 5.74) is 1.56. The number of nitrogens with zero attached hydrogens (tertiary/aromatic N) is 1. The molecule has 4 rings (SSSR count). The van der Waals surface area contributed by atoms with Crippen LogP contribution in [0.1, 0.15) is 21.6 Å². The van der Waals surface area contributed by atoms with E-state index in [0.29, 0.717) is 17.9 Å². The zero-order chi connectivity index (χ0) is 20.4. The highest BCUT2D eigenvalue weighted by Crippen LogP contribution is 2.25. The molecule has 1 N–H and O–H groups in total. The van der Waals surface area contributed by atoms with Crippen LogP contribution in [-0.4, -0.2) is 17.1 Å². The Morgan fingerprint density at radius 2 is 1.97 bits per heavy atom. The molecule has 1 aliphatic heterocycles. The number of allylic oxidation sites excluding steroid dienone is 2. The monoisotopic (exact) mass is 390 g/mol. The normalized spacial score (nSPS) is 13.1. The molecule has 1 aliphatic rings. The number of rotatable bonds is 4. The minimum atomic E-state index is -0.668. The Balaban J connectivity index is 1.87. The molecule has 6 heteroatoms. The van der Waals surface area contributed by atoms with E-state index in [1.165, 1.54) is 16.7 Å². The van der Waals surface area contributed by atoms with Crippen molar-refractivity contribution >= 4 is 22.4 Å². The second kappa shape index (κ2) is 7.75. The maximum absolute atomic E-state index is 14.6. The van der Waals surface area contributed by atoms with Crippen LogP contribution in [0.15, 0.2) is 71.7 Å². The van der Waals surface area contributed by atoms with Crippen LogP contribution in [0.5, 0.6) is 0 Å². The lowest BCUT2D eigenvalue weighted by Crippen LogP contribution is -2.30. The summed E-state index contributed by atoms with van der Waals surface area (Å²) in [6, 6.07) is 13.6. The number of pyridine rings is 1. The van der Waals surface area contributed by atoms with Crippen LogP contribution < -0.4 is 10.9 Å². The van der Waals surface area contributed by atoms with Crippen molar-refractivity contribution in [1.29, 1.82) is 0 Å². The average molecular weight is 390 g/mol. The molecule has 2 aromatic carbocycles. The molecule has 29 heavy (non-hydrogen) atoms. The molecule has 0 radical (unpaired) electrons. The predicted molar refractivity (Wildman–Crippen MR) is 110 cm³/mol. The number of carbonyl (C=O) groups excluding carboxylic acids is 1. The quantitative estimate of drug-likeness (QED) is 0.689. The van der Waals surface area contributed by atoms with Gasteiger partial charge in [-0.1, -0.05) is 42.5 Å². The molecule has 0 bridgehead atoms. The van der Waals surface area contributed by atoms with Gasteiger partial charge in [-0.15, -0.1) is 0 Å². The van der Waals surface area contributed by atoms with Gasteiger partial charge in [-0.05, 0) is 36.9 Å². The van der Waals surface area contributed by atoms with Gasteiger partial charge in [0, 0.05) is 16.8 Å². The van der Waals surface area contributed by atoms with Gasteiger partial charge in [-0.3, -0.25) is 9.36 Å². The minimum Gasteiger partial charge on any atom is -0.457 e. The largest absolute Gasteiger partial charge is 0.457 e. The summed E-state index contributed by atoms with van der Waals surface area (Å²) in [6.45, 7) is 2.14.